The highest BCUT2D eigenvalue weighted by Crippen LogP contribution is 2.16. The standard InChI is InChI=1S/C23H31N3O2/c1-23(2,28)12-9-18-6-5-7-19(16-18)22(27)25-20-10-14-26(15-11-20)17-21-8-3-4-13-24-21/h3-8,13,16,20,28H,9-12,14-15,17H2,1-2H3,(H,25,27). The molecule has 28 heavy (non-hydrogen) atoms. The van der Waals surface area contributed by atoms with Crippen molar-refractivity contribution in [1.29, 1.82) is 0 Å². The van der Waals surface area contributed by atoms with Crippen molar-refractivity contribution in [3.05, 3.63) is 65.5 Å². The van der Waals surface area contributed by atoms with Gasteiger partial charge in [-0.25, -0.2) is 0 Å². The fourth-order valence-electron chi connectivity index (χ4n) is 3.54. The number of aromatic nitrogens is 1. The van der Waals surface area contributed by atoms with Gasteiger partial charge >= 0.3 is 0 Å². The second-order valence-electron chi connectivity index (χ2n) is 8.36. The minimum atomic E-state index is -0.693. The van der Waals surface area contributed by atoms with E-state index in [1.165, 1.54) is 0 Å². The Morgan fingerprint density at radius 3 is 2.68 bits per heavy atom. The molecule has 0 unspecified atom stereocenters. The highest BCUT2D eigenvalue weighted by molar-refractivity contribution is 5.94. The van der Waals surface area contributed by atoms with Crippen LogP contribution in [0.15, 0.2) is 48.7 Å². The number of hydrogen-bond acceptors (Lipinski definition) is 4. The van der Waals surface area contributed by atoms with Gasteiger partial charge in [-0.15, -0.1) is 0 Å². The third-order valence-corrected chi connectivity index (χ3v) is 5.25. The normalized spacial score (nSPS) is 16.1. The molecule has 3 rings (SSSR count). The Hall–Kier alpha value is -2.24. The van der Waals surface area contributed by atoms with Gasteiger partial charge in [0.05, 0.1) is 11.3 Å². The summed E-state index contributed by atoms with van der Waals surface area (Å²) in [4.78, 5) is 19.4. The van der Waals surface area contributed by atoms with Gasteiger partial charge in [0.15, 0.2) is 0 Å². The lowest BCUT2D eigenvalue weighted by Gasteiger charge is -2.32. The van der Waals surface area contributed by atoms with E-state index in [1.54, 1.807) is 0 Å². The molecular formula is C23H31N3O2. The Labute approximate surface area is 167 Å². The van der Waals surface area contributed by atoms with Crippen molar-refractivity contribution < 1.29 is 9.90 Å². The Morgan fingerprint density at radius 1 is 1.21 bits per heavy atom. The molecule has 2 heterocycles. The van der Waals surface area contributed by atoms with E-state index < -0.39 is 5.60 Å². The van der Waals surface area contributed by atoms with Gasteiger partial charge in [-0.1, -0.05) is 18.2 Å². The summed E-state index contributed by atoms with van der Waals surface area (Å²) in [5.74, 6) is -0.00622. The zero-order chi connectivity index (χ0) is 20.0. The molecule has 2 N–H and O–H groups in total. The third-order valence-electron chi connectivity index (χ3n) is 5.25. The molecule has 5 heteroatoms. The predicted molar refractivity (Wildman–Crippen MR) is 111 cm³/mol. The van der Waals surface area contributed by atoms with Crippen LogP contribution in [-0.4, -0.2) is 45.6 Å². The number of pyridine rings is 1. The Morgan fingerprint density at radius 2 is 2.00 bits per heavy atom. The average Bonchev–Trinajstić information content (AvgIpc) is 2.68. The molecule has 0 bridgehead atoms. The fourth-order valence-corrected chi connectivity index (χ4v) is 3.54. The number of aryl methyl sites for hydroxylation is 1. The molecule has 0 aliphatic carbocycles. The van der Waals surface area contributed by atoms with Crippen LogP contribution >= 0.6 is 0 Å². The van der Waals surface area contributed by atoms with Crippen molar-refractivity contribution in [1.82, 2.24) is 15.2 Å². The third kappa shape index (κ3) is 6.43. The number of carbonyl (C=O) groups excluding carboxylic acids is 1. The zero-order valence-electron chi connectivity index (χ0n) is 16.9. The molecule has 150 valence electrons. The van der Waals surface area contributed by atoms with Crippen LogP contribution in [0.1, 0.15) is 54.7 Å². The summed E-state index contributed by atoms with van der Waals surface area (Å²) >= 11 is 0. The van der Waals surface area contributed by atoms with E-state index in [0.29, 0.717) is 12.0 Å². The van der Waals surface area contributed by atoms with Crippen molar-refractivity contribution in [2.24, 2.45) is 0 Å². The first-order valence-corrected chi connectivity index (χ1v) is 10.1. The maximum atomic E-state index is 12.7. The molecule has 0 saturated carbocycles. The van der Waals surface area contributed by atoms with Gasteiger partial charge in [-0.05, 0) is 69.4 Å². The largest absolute Gasteiger partial charge is 0.390 e. The van der Waals surface area contributed by atoms with E-state index >= 15 is 0 Å². The van der Waals surface area contributed by atoms with E-state index in [-0.39, 0.29) is 11.9 Å². The Balaban J connectivity index is 1.48. The van der Waals surface area contributed by atoms with E-state index in [4.69, 9.17) is 0 Å². The molecule has 5 nitrogen and oxygen atoms in total. The van der Waals surface area contributed by atoms with Crippen molar-refractivity contribution in [3.63, 3.8) is 0 Å². The lowest BCUT2D eigenvalue weighted by atomic mass is 9.97. The summed E-state index contributed by atoms with van der Waals surface area (Å²) in [5, 5.41) is 13.1. The van der Waals surface area contributed by atoms with E-state index in [2.05, 4.69) is 21.3 Å². The topological polar surface area (TPSA) is 65.5 Å². The minimum Gasteiger partial charge on any atom is -0.390 e. The number of piperidine rings is 1. The number of hydrogen-bond donors (Lipinski definition) is 2. The Kier molecular flexibility index (Phi) is 6.81. The van der Waals surface area contributed by atoms with E-state index in [9.17, 15) is 9.90 Å². The first-order valence-electron chi connectivity index (χ1n) is 10.1. The van der Waals surface area contributed by atoms with Gasteiger partial charge in [0, 0.05) is 37.4 Å². The molecule has 1 amide bonds. The van der Waals surface area contributed by atoms with Gasteiger partial charge in [-0.2, -0.15) is 0 Å². The van der Waals surface area contributed by atoms with Crippen LogP contribution in [-0.2, 0) is 13.0 Å². The van der Waals surface area contributed by atoms with Crippen LogP contribution < -0.4 is 5.32 Å². The van der Waals surface area contributed by atoms with Crippen molar-refractivity contribution >= 4 is 5.91 Å². The lowest BCUT2D eigenvalue weighted by Crippen LogP contribution is -2.44. The zero-order valence-corrected chi connectivity index (χ0v) is 16.9. The SMILES string of the molecule is CC(C)(O)CCc1cccc(C(=O)NC2CCN(Cc3ccccn3)CC2)c1. The summed E-state index contributed by atoms with van der Waals surface area (Å²) in [6, 6.07) is 14.0. The minimum absolute atomic E-state index is 0.00622. The molecule has 1 fully saturated rings. The lowest BCUT2D eigenvalue weighted by molar-refractivity contribution is 0.0714. The van der Waals surface area contributed by atoms with E-state index in [1.807, 2.05) is 56.4 Å². The summed E-state index contributed by atoms with van der Waals surface area (Å²) in [6.45, 7) is 6.42. The molecular weight excluding hydrogens is 350 g/mol. The predicted octanol–water partition coefficient (Wildman–Crippen LogP) is 3.18. The van der Waals surface area contributed by atoms with Crippen LogP contribution in [0.25, 0.3) is 0 Å². The number of rotatable bonds is 7. The number of carbonyl (C=O) groups is 1. The quantitative estimate of drug-likeness (QED) is 0.773. The molecule has 1 aliphatic rings. The van der Waals surface area contributed by atoms with Gasteiger partial charge in [-0.3, -0.25) is 14.7 Å². The summed E-state index contributed by atoms with van der Waals surface area (Å²) in [6.07, 6.45) is 5.18. The summed E-state index contributed by atoms with van der Waals surface area (Å²) in [7, 11) is 0. The molecule has 1 aromatic heterocycles. The first-order chi connectivity index (χ1) is 13.4. The Bertz CT molecular complexity index is 763. The maximum absolute atomic E-state index is 12.7. The van der Waals surface area contributed by atoms with Gasteiger partial charge in [0.1, 0.15) is 0 Å². The number of nitrogens with zero attached hydrogens (tertiary/aromatic N) is 2. The molecule has 1 saturated heterocycles. The highest BCUT2D eigenvalue weighted by atomic mass is 16.3. The molecule has 0 atom stereocenters. The van der Waals surface area contributed by atoms with Crippen LogP contribution in [0, 0.1) is 0 Å². The molecule has 0 spiro atoms. The average molecular weight is 382 g/mol. The van der Waals surface area contributed by atoms with Crippen LogP contribution in [0.2, 0.25) is 0 Å². The summed E-state index contributed by atoms with van der Waals surface area (Å²) < 4.78 is 0. The molecule has 1 aliphatic heterocycles. The number of aliphatic hydroxyl groups is 1. The monoisotopic (exact) mass is 381 g/mol. The van der Waals surface area contributed by atoms with Gasteiger partial charge in [0.25, 0.3) is 5.91 Å². The van der Waals surface area contributed by atoms with E-state index in [0.717, 1.165) is 50.2 Å². The molecule has 2 aromatic rings. The maximum Gasteiger partial charge on any atom is 0.251 e. The number of likely N-dealkylation sites (tertiary alicyclic amines) is 1. The highest BCUT2D eigenvalue weighted by Gasteiger charge is 2.21. The van der Waals surface area contributed by atoms with Gasteiger partial charge in [0.2, 0.25) is 0 Å². The smallest absolute Gasteiger partial charge is 0.251 e. The fraction of sp³-hybridized carbons (Fsp3) is 0.478. The molecule has 0 radical (unpaired) electrons. The second kappa shape index (κ2) is 9.30. The van der Waals surface area contributed by atoms with Crippen molar-refractivity contribution in [2.75, 3.05) is 13.1 Å². The number of benzene rings is 1. The van der Waals surface area contributed by atoms with Crippen LogP contribution in [0.5, 0.6) is 0 Å². The second-order valence-corrected chi connectivity index (χ2v) is 8.36. The van der Waals surface area contributed by atoms with Crippen molar-refractivity contribution in [3.8, 4) is 0 Å². The summed E-state index contributed by atoms with van der Waals surface area (Å²) in [5.41, 5.74) is 2.18. The van der Waals surface area contributed by atoms with Gasteiger partial charge < -0.3 is 10.4 Å². The number of amides is 1. The first kappa shape index (κ1) is 20.5. The van der Waals surface area contributed by atoms with Crippen LogP contribution in [0.3, 0.4) is 0 Å². The van der Waals surface area contributed by atoms with Crippen molar-refractivity contribution in [2.45, 2.75) is 57.7 Å². The van der Waals surface area contributed by atoms with Crippen LogP contribution in [0.4, 0.5) is 0 Å². The number of nitrogens with one attached hydrogen (secondary N) is 1. The molecule has 1 aromatic carbocycles.